The van der Waals surface area contributed by atoms with Gasteiger partial charge in [-0.3, -0.25) is 4.79 Å². The third-order valence-electron chi connectivity index (χ3n) is 2.69. The molecule has 1 aliphatic heterocycles. The van der Waals surface area contributed by atoms with E-state index in [1.807, 2.05) is 23.7 Å². The molecule has 14 heavy (non-hydrogen) atoms. The lowest BCUT2D eigenvalue weighted by Crippen LogP contribution is -2.36. The smallest absolute Gasteiger partial charge is 0.222 e. The summed E-state index contributed by atoms with van der Waals surface area (Å²) in [5, 5.41) is 0. The van der Waals surface area contributed by atoms with Gasteiger partial charge in [0.15, 0.2) is 0 Å². The molecule has 0 radical (unpaired) electrons. The van der Waals surface area contributed by atoms with Crippen LogP contribution in [0.25, 0.3) is 0 Å². The van der Waals surface area contributed by atoms with Gasteiger partial charge in [-0.15, -0.1) is 0 Å². The Morgan fingerprint density at radius 1 is 1.57 bits per heavy atom. The van der Waals surface area contributed by atoms with E-state index in [1.165, 1.54) is 5.75 Å². The molecule has 0 spiro atoms. The molecule has 1 amide bonds. The van der Waals surface area contributed by atoms with Crippen LogP contribution in [0, 0.1) is 0 Å². The van der Waals surface area contributed by atoms with Crippen molar-refractivity contribution in [3.05, 3.63) is 0 Å². The molecule has 0 aliphatic carbocycles. The van der Waals surface area contributed by atoms with Crippen molar-refractivity contribution in [1.82, 2.24) is 4.90 Å². The number of nitrogens with two attached hydrogens (primary N) is 1. The zero-order chi connectivity index (χ0) is 10.4. The van der Waals surface area contributed by atoms with E-state index in [9.17, 15) is 4.79 Å². The molecule has 0 bridgehead atoms. The molecule has 2 N–H and O–H groups in total. The Morgan fingerprint density at radius 2 is 2.36 bits per heavy atom. The van der Waals surface area contributed by atoms with E-state index in [1.54, 1.807) is 0 Å². The lowest BCUT2D eigenvalue weighted by atomic mass is 10.2. The zero-order valence-corrected chi connectivity index (χ0v) is 9.68. The molecule has 1 unspecified atom stereocenters. The topological polar surface area (TPSA) is 46.3 Å². The first-order chi connectivity index (χ1) is 6.75. The van der Waals surface area contributed by atoms with Crippen LogP contribution in [-0.4, -0.2) is 41.9 Å². The van der Waals surface area contributed by atoms with Crippen LogP contribution in [0.4, 0.5) is 0 Å². The summed E-state index contributed by atoms with van der Waals surface area (Å²) in [6, 6.07) is 0.477. The monoisotopic (exact) mass is 216 g/mol. The molecule has 1 atom stereocenters. The van der Waals surface area contributed by atoms with Crippen molar-refractivity contribution >= 4 is 17.7 Å². The largest absolute Gasteiger partial charge is 0.342 e. The van der Waals surface area contributed by atoms with Crippen molar-refractivity contribution in [1.29, 1.82) is 0 Å². The van der Waals surface area contributed by atoms with Gasteiger partial charge >= 0.3 is 0 Å². The summed E-state index contributed by atoms with van der Waals surface area (Å²) in [6.45, 7) is 0.691. The molecule has 1 fully saturated rings. The SMILES string of the molecule is CN(C(=O)CCCCN)C1CCSC1. The Labute approximate surface area is 90.4 Å². The van der Waals surface area contributed by atoms with Crippen LogP contribution >= 0.6 is 11.8 Å². The van der Waals surface area contributed by atoms with Gasteiger partial charge in [-0.1, -0.05) is 0 Å². The Balaban J connectivity index is 2.21. The highest BCUT2D eigenvalue weighted by Crippen LogP contribution is 2.21. The van der Waals surface area contributed by atoms with Gasteiger partial charge in [0.25, 0.3) is 0 Å². The molecule has 1 saturated heterocycles. The van der Waals surface area contributed by atoms with Crippen molar-refractivity contribution in [2.75, 3.05) is 25.1 Å². The molecule has 1 heterocycles. The molecule has 0 aromatic heterocycles. The zero-order valence-electron chi connectivity index (χ0n) is 8.87. The number of amides is 1. The van der Waals surface area contributed by atoms with Crippen LogP contribution < -0.4 is 5.73 Å². The van der Waals surface area contributed by atoms with Gasteiger partial charge in [0.2, 0.25) is 5.91 Å². The summed E-state index contributed by atoms with van der Waals surface area (Å²) < 4.78 is 0. The molecule has 1 aliphatic rings. The maximum atomic E-state index is 11.7. The fourth-order valence-electron chi connectivity index (χ4n) is 1.63. The Kier molecular flexibility index (Phi) is 5.33. The number of carbonyl (C=O) groups excluding carboxylic acids is 1. The third kappa shape index (κ3) is 3.50. The second kappa shape index (κ2) is 6.30. The molecule has 0 aromatic carbocycles. The van der Waals surface area contributed by atoms with Gasteiger partial charge in [0.1, 0.15) is 0 Å². The van der Waals surface area contributed by atoms with Crippen LogP contribution in [0.5, 0.6) is 0 Å². The summed E-state index contributed by atoms with van der Waals surface area (Å²) in [5.41, 5.74) is 5.38. The number of hydrogen-bond acceptors (Lipinski definition) is 3. The molecule has 82 valence electrons. The standard InChI is InChI=1S/C10H20N2OS/c1-12(9-5-7-14-8-9)10(13)4-2-3-6-11/h9H,2-8,11H2,1H3. The Hall–Kier alpha value is -0.220. The molecule has 1 rings (SSSR count). The number of nitrogens with zero attached hydrogens (tertiary/aromatic N) is 1. The molecule has 0 saturated carbocycles. The second-order valence-corrected chi connectivity index (χ2v) is 4.92. The highest BCUT2D eigenvalue weighted by Gasteiger charge is 2.22. The summed E-state index contributed by atoms with van der Waals surface area (Å²) in [5.74, 6) is 2.59. The van der Waals surface area contributed by atoms with Gasteiger partial charge in [-0.2, -0.15) is 11.8 Å². The second-order valence-electron chi connectivity index (χ2n) is 3.77. The van der Waals surface area contributed by atoms with Crippen molar-refractivity contribution in [3.8, 4) is 0 Å². The molecule has 0 aromatic rings. The van der Waals surface area contributed by atoms with E-state index in [-0.39, 0.29) is 5.91 Å². The van der Waals surface area contributed by atoms with Gasteiger partial charge in [-0.25, -0.2) is 0 Å². The van der Waals surface area contributed by atoms with Crippen molar-refractivity contribution in [2.45, 2.75) is 31.7 Å². The van der Waals surface area contributed by atoms with Crippen LogP contribution in [-0.2, 0) is 4.79 Å². The fraction of sp³-hybridized carbons (Fsp3) is 0.900. The van der Waals surface area contributed by atoms with Crippen molar-refractivity contribution in [2.24, 2.45) is 5.73 Å². The lowest BCUT2D eigenvalue weighted by molar-refractivity contribution is -0.131. The Bertz CT molecular complexity index is 181. The van der Waals surface area contributed by atoms with Crippen molar-refractivity contribution in [3.63, 3.8) is 0 Å². The number of unbranched alkanes of at least 4 members (excludes halogenated alkanes) is 1. The fourth-order valence-corrected chi connectivity index (χ4v) is 2.90. The average Bonchev–Trinajstić information content (AvgIpc) is 2.69. The predicted molar refractivity (Wildman–Crippen MR) is 61.4 cm³/mol. The maximum absolute atomic E-state index is 11.7. The van der Waals surface area contributed by atoms with E-state index < -0.39 is 0 Å². The minimum absolute atomic E-state index is 0.283. The van der Waals surface area contributed by atoms with Crippen molar-refractivity contribution < 1.29 is 4.79 Å². The van der Waals surface area contributed by atoms with E-state index in [4.69, 9.17) is 5.73 Å². The van der Waals surface area contributed by atoms with E-state index in [2.05, 4.69) is 0 Å². The van der Waals surface area contributed by atoms with E-state index >= 15 is 0 Å². The minimum Gasteiger partial charge on any atom is -0.342 e. The molecule has 3 nitrogen and oxygen atoms in total. The molecular weight excluding hydrogens is 196 g/mol. The predicted octanol–water partition coefficient (Wildman–Crippen LogP) is 1.08. The first kappa shape index (κ1) is 11.9. The maximum Gasteiger partial charge on any atom is 0.222 e. The van der Waals surface area contributed by atoms with E-state index in [0.29, 0.717) is 19.0 Å². The highest BCUT2D eigenvalue weighted by molar-refractivity contribution is 7.99. The summed E-state index contributed by atoms with van der Waals surface area (Å²) in [7, 11) is 1.93. The van der Waals surface area contributed by atoms with Gasteiger partial charge in [0.05, 0.1) is 0 Å². The highest BCUT2D eigenvalue weighted by atomic mass is 32.2. The summed E-state index contributed by atoms with van der Waals surface area (Å²) in [6.07, 6.45) is 3.71. The van der Waals surface area contributed by atoms with Gasteiger partial charge in [0, 0.05) is 25.3 Å². The van der Waals surface area contributed by atoms with Gasteiger partial charge in [-0.05, 0) is 31.6 Å². The normalized spacial score (nSPS) is 21.1. The summed E-state index contributed by atoms with van der Waals surface area (Å²) in [4.78, 5) is 13.6. The molecule has 4 heteroatoms. The lowest BCUT2D eigenvalue weighted by Gasteiger charge is -2.23. The van der Waals surface area contributed by atoms with E-state index in [0.717, 1.165) is 25.0 Å². The quantitative estimate of drug-likeness (QED) is 0.700. The number of thioether (sulfide) groups is 1. The third-order valence-corrected chi connectivity index (χ3v) is 3.84. The van der Waals surface area contributed by atoms with Crippen LogP contribution in [0.15, 0.2) is 0 Å². The molecular formula is C10H20N2OS. The van der Waals surface area contributed by atoms with Crippen LogP contribution in [0.2, 0.25) is 0 Å². The Morgan fingerprint density at radius 3 is 2.93 bits per heavy atom. The van der Waals surface area contributed by atoms with Crippen LogP contribution in [0.1, 0.15) is 25.7 Å². The first-order valence-corrected chi connectivity index (χ1v) is 6.44. The summed E-state index contributed by atoms with van der Waals surface area (Å²) >= 11 is 1.94. The number of carbonyl (C=O) groups is 1. The number of hydrogen-bond donors (Lipinski definition) is 1. The number of rotatable bonds is 5. The average molecular weight is 216 g/mol. The van der Waals surface area contributed by atoms with Gasteiger partial charge < -0.3 is 10.6 Å². The first-order valence-electron chi connectivity index (χ1n) is 5.29. The van der Waals surface area contributed by atoms with Crippen LogP contribution in [0.3, 0.4) is 0 Å². The minimum atomic E-state index is 0.283.